The highest BCUT2D eigenvalue weighted by atomic mass is 32.2. The normalized spacial score (nSPS) is 35.8. The van der Waals surface area contributed by atoms with Crippen LogP contribution in [0.2, 0.25) is 0 Å². The number of anilines is 1. The van der Waals surface area contributed by atoms with Crippen molar-refractivity contribution in [1.82, 2.24) is 0 Å². The highest BCUT2D eigenvalue weighted by Crippen LogP contribution is 2.69. The Morgan fingerprint density at radius 2 is 2.00 bits per heavy atom. The Hall–Kier alpha value is -1.79. The van der Waals surface area contributed by atoms with Gasteiger partial charge in [0.05, 0.1) is 29.5 Å². The fourth-order valence-electron chi connectivity index (χ4n) is 5.96. The molecule has 2 saturated carbocycles. The first kappa shape index (κ1) is 19.5. The minimum atomic E-state index is -4.74. The second-order valence-corrected chi connectivity index (χ2v) is 10.4. The molecule has 9 heteroatoms. The Bertz CT molecular complexity index is 972. The Kier molecular flexibility index (Phi) is 4.09. The molecule has 0 spiro atoms. The molecule has 0 N–H and O–H groups in total. The molecule has 1 aliphatic heterocycles. The molecule has 3 fully saturated rings. The largest absolute Gasteiger partial charge is 0.417 e. The van der Waals surface area contributed by atoms with Crippen molar-refractivity contribution < 1.29 is 26.3 Å². The average Bonchev–Trinajstić information content (AvgIpc) is 3.24. The summed E-state index contributed by atoms with van der Waals surface area (Å²) in [6, 6.07) is 4.65. The second kappa shape index (κ2) is 5.86. The molecule has 0 aromatic heterocycles. The van der Waals surface area contributed by atoms with Crippen molar-refractivity contribution >= 4 is 15.7 Å². The Morgan fingerprint density at radius 3 is 2.61 bits per heavy atom. The smallest absolute Gasteiger partial charge is 0.383 e. The maximum absolute atomic E-state index is 13.7. The van der Waals surface area contributed by atoms with Crippen molar-refractivity contribution in [3.8, 4) is 6.07 Å². The molecule has 28 heavy (non-hydrogen) atoms. The number of ether oxygens (including phenoxy) is 1. The lowest BCUT2D eigenvalue weighted by molar-refractivity contribution is -0.137. The van der Waals surface area contributed by atoms with Crippen molar-refractivity contribution in [3.05, 3.63) is 29.3 Å². The number of halogens is 3. The van der Waals surface area contributed by atoms with Crippen LogP contribution >= 0.6 is 0 Å². The van der Waals surface area contributed by atoms with Gasteiger partial charge in [-0.25, -0.2) is 8.42 Å². The van der Waals surface area contributed by atoms with Gasteiger partial charge in [0.15, 0.2) is 0 Å². The van der Waals surface area contributed by atoms with Gasteiger partial charge in [-0.3, -0.25) is 4.31 Å². The molecule has 1 aromatic carbocycles. The standard InChI is InChI=1S/C19H21F3N2O3S/c1-17-10-24(15-6-3-12(9-23)16(8-15)19(20,21)22)28(25,26)18(17,11-27-2)14-5-4-13(17)7-14/h3,6,8,13-14H,4-5,7,10-11H2,1-2H3/t13-,14+,17-,18+/m0/s1. The first-order valence-corrected chi connectivity index (χ1v) is 10.6. The number of nitrogens with zero attached hydrogens (tertiary/aromatic N) is 2. The zero-order valence-corrected chi connectivity index (χ0v) is 16.4. The molecule has 0 amide bonds. The molecular formula is C19H21F3N2O3S. The fourth-order valence-corrected chi connectivity index (χ4v) is 8.91. The lowest BCUT2D eigenvalue weighted by Crippen LogP contribution is -2.55. The number of rotatable bonds is 3. The SMILES string of the molecule is COC[C@@]12[C@@H]3CC[C@@H](C3)[C@]1(C)CN(c1ccc(C#N)c(C(F)(F)F)c1)S2(=O)=O. The fraction of sp³-hybridized carbons (Fsp3) is 0.632. The van der Waals surface area contributed by atoms with Crippen LogP contribution in [0.1, 0.15) is 37.3 Å². The zero-order chi connectivity index (χ0) is 20.5. The van der Waals surface area contributed by atoms with E-state index in [1.165, 1.54) is 19.2 Å². The molecular weight excluding hydrogens is 393 g/mol. The van der Waals surface area contributed by atoms with E-state index in [2.05, 4.69) is 0 Å². The number of fused-ring (bicyclic) bond motifs is 5. The van der Waals surface area contributed by atoms with E-state index in [0.717, 1.165) is 35.7 Å². The molecule has 1 heterocycles. The van der Waals surface area contributed by atoms with E-state index in [-0.39, 0.29) is 30.7 Å². The lowest BCUT2D eigenvalue weighted by Gasteiger charge is -2.43. The Labute approximate surface area is 162 Å². The second-order valence-electron chi connectivity index (χ2n) is 8.30. The van der Waals surface area contributed by atoms with Crippen molar-refractivity contribution in [2.45, 2.75) is 37.1 Å². The molecule has 2 aliphatic carbocycles. The molecule has 0 unspecified atom stereocenters. The number of nitriles is 1. The first-order valence-electron chi connectivity index (χ1n) is 9.15. The summed E-state index contributed by atoms with van der Waals surface area (Å²) in [5.41, 5.74) is -2.27. The van der Waals surface area contributed by atoms with Crippen LogP contribution < -0.4 is 4.31 Å². The minimum Gasteiger partial charge on any atom is -0.383 e. The van der Waals surface area contributed by atoms with Gasteiger partial charge < -0.3 is 4.74 Å². The summed E-state index contributed by atoms with van der Waals surface area (Å²) in [6.07, 6.45) is -2.21. The van der Waals surface area contributed by atoms with Gasteiger partial charge in [0, 0.05) is 19.1 Å². The van der Waals surface area contributed by atoms with Crippen LogP contribution in [-0.4, -0.2) is 33.4 Å². The van der Waals surface area contributed by atoms with E-state index in [9.17, 15) is 21.6 Å². The van der Waals surface area contributed by atoms with Crippen molar-refractivity contribution in [1.29, 1.82) is 5.26 Å². The number of hydrogen-bond donors (Lipinski definition) is 0. The minimum absolute atomic E-state index is 0.0336. The van der Waals surface area contributed by atoms with Gasteiger partial charge >= 0.3 is 6.18 Å². The van der Waals surface area contributed by atoms with Crippen LogP contribution in [0.4, 0.5) is 18.9 Å². The van der Waals surface area contributed by atoms with Gasteiger partial charge in [0.1, 0.15) is 4.75 Å². The van der Waals surface area contributed by atoms with Gasteiger partial charge in [-0.2, -0.15) is 18.4 Å². The summed E-state index contributed by atoms with van der Waals surface area (Å²) in [6.45, 7) is 2.09. The average molecular weight is 414 g/mol. The molecule has 4 atom stereocenters. The van der Waals surface area contributed by atoms with E-state index in [4.69, 9.17) is 10.00 Å². The number of alkyl halides is 3. The zero-order valence-electron chi connectivity index (χ0n) is 15.6. The molecule has 5 nitrogen and oxygen atoms in total. The van der Waals surface area contributed by atoms with Crippen LogP contribution in [-0.2, 0) is 20.9 Å². The lowest BCUT2D eigenvalue weighted by atomic mass is 9.67. The molecule has 4 rings (SSSR count). The van der Waals surface area contributed by atoms with E-state index in [1.807, 2.05) is 6.92 Å². The molecule has 0 radical (unpaired) electrons. The van der Waals surface area contributed by atoms with Crippen molar-refractivity contribution in [3.63, 3.8) is 0 Å². The maximum Gasteiger partial charge on any atom is 0.417 e. The summed E-state index contributed by atoms with van der Waals surface area (Å²) >= 11 is 0. The van der Waals surface area contributed by atoms with Gasteiger partial charge in [-0.15, -0.1) is 0 Å². The third-order valence-corrected chi connectivity index (χ3v) is 10.0. The van der Waals surface area contributed by atoms with Crippen LogP contribution in [0.25, 0.3) is 0 Å². The van der Waals surface area contributed by atoms with Gasteiger partial charge in [0.25, 0.3) is 0 Å². The van der Waals surface area contributed by atoms with Crippen LogP contribution in [0.3, 0.4) is 0 Å². The molecule has 1 aromatic rings. The van der Waals surface area contributed by atoms with E-state index in [1.54, 1.807) is 0 Å². The predicted octanol–water partition coefficient (Wildman–Crippen LogP) is 3.55. The van der Waals surface area contributed by atoms with Gasteiger partial charge in [0.2, 0.25) is 10.0 Å². The van der Waals surface area contributed by atoms with E-state index >= 15 is 0 Å². The number of sulfonamides is 1. The molecule has 3 aliphatic rings. The number of methoxy groups -OCH3 is 1. The number of hydrogen-bond acceptors (Lipinski definition) is 4. The van der Waals surface area contributed by atoms with Crippen LogP contribution in [0.5, 0.6) is 0 Å². The summed E-state index contributed by atoms with van der Waals surface area (Å²) in [5.74, 6) is 0.144. The third-order valence-electron chi connectivity index (χ3n) is 7.26. The summed E-state index contributed by atoms with van der Waals surface area (Å²) in [7, 11) is -2.49. The molecule has 1 saturated heterocycles. The Morgan fingerprint density at radius 1 is 1.32 bits per heavy atom. The maximum atomic E-state index is 13.7. The quantitative estimate of drug-likeness (QED) is 0.759. The molecule has 152 valence electrons. The van der Waals surface area contributed by atoms with Crippen LogP contribution in [0, 0.1) is 28.6 Å². The highest BCUT2D eigenvalue weighted by molar-refractivity contribution is 7.94. The predicted molar refractivity (Wildman–Crippen MR) is 96.0 cm³/mol. The topological polar surface area (TPSA) is 70.4 Å². The van der Waals surface area contributed by atoms with Gasteiger partial charge in [-0.05, 0) is 49.3 Å². The summed E-state index contributed by atoms with van der Waals surface area (Å²) in [4.78, 5) is 0. The van der Waals surface area contributed by atoms with Gasteiger partial charge in [-0.1, -0.05) is 6.92 Å². The van der Waals surface area contributed by atoms with Crippen molar-refractivity contribution in [2.24, 2.45) is 17.3 Å². The summed E-state index contributed by atoms with van der Waals surface area (Å²) < 4.78 is 72.9. The Balaban J connectivity index is 1.87. The monoisotopic (exact) mass is 414 g/mol. The summed E-state index contributed by atoms with van der Waals surface area (Å²) in [5, 5.41) is 9.00. The van der Waals surface area contributed by atoms with E-state index < -0.39 is 37.5 Å². The third kappa shape index (κ3) is 2.19. The van der Waals surface area contributed by atoms with Crippen LogP contribution in [0.15, 0.2) is 18.2 Å². The van der Waals surface area contributed by atoms with E-state index in [0.29, 0.717) is 0 Å². The first-order chi connectivity index (χ1) is 13.0. The number of benzene rings is 1. The highest BCUT2D eigenvalue weighted by Gasteiger charge is 2.76. The molecule has 2 bridgehead atoms. The van der Waals surface area contributed by atoms with Crippen molar-refractivity contribution in [2.75, 3.05) is 24.6 Å².